The Labute approximate surface area is 131 Å². The van der Waals surface area contributed by atoms with E-state index in [4.69, 9.17) is 0 Å². The number of nitrogens with zero attached hydrogens (tertiary/aromatic N) is 1. The lowest BCUT2D eigenvalue weighted by atomic mass is 9.78. The van der Waals surface area contributed by atoms with Crippen molar-refractivity contribution in [1.82, 2.24) is 9.62 Å². The van der Waals surface area contributed by atoms with Gasteiger partial charge in [0.1, 0.15) is 10.7 Å². The summed E-state index contributed by atoms with van der Waals surface area (Å²) >= 11 is 0. The largest absolute Gasteiger partial charge is 0.356 e. The van der Waals surface area contributed by atoms with Gasteiger partial charge < -0.3 is 5.32 Å². The first-order valence-corrected chi connectivity index (χ1v) is 8.51. The highest BCUT2D eigenvalue weighted by molar-refractivity contribution is 7.89. The highest BCUT2D eigenvalue weighted by Crippen LogP contribution is 2.44. The van der Waals surface area contributed by atoms with E-state index in [0.717, 1.165) is 12.1 Å². The van der Waals surface area contributed by atoms with Crippen LogP contribution in [-0.2, 0) is 14.8 Å². The van der Waals surface area contributed by atoms with Gasteiger partial charge in [-0.15, -0.1) is 0 Å². The van der Waals surface area contributed by atoms with Crippen LogP contribution in [0.4, 0.5) is 13.2 Å². The molecule has 126 valence electrons. The summed E-state index contributed by atoms with van der Waals surface area (Å²) in [5.74, 6) is -4.94. The predicted molar refractivity (Wildman–Crippen MR) is 74.8 cm³/mol. The number of rotatable bonds is 2. The van der Waals surface area contributed by atoms with Gasteiger partial charge in [-0.3, -0.25) is 4.79 Å². The molecule has 3 rings (SSSR count). The lowest BCUT2D eigenvalue weighted by Crippen LogP contribution is -2.56. The molecule has 0 unspecified atom stereocenters. The molecule has 9 heteroatoms. The lowest BCUT2D eigenvalue weighted by Gasteiger charge is -2.41. The Balaban J connectivity index is 2.02. The number of nitrogens with one attached hydrogen (secondary N) is 1. The molecule has 23 heavy (non-hydrogen) atoms. The first-order chi connectivity index (χ1) is 10.7. The van der Waals surface area contributed by atoms with Gasteiger partial charge in [-0.1, -0.05) is 12.1 Å². The molecule has 1 aromatic carbocycles. The topological polar surface area (TPSA) is 66.5 Å². The first kappa shape index (κ1) is 16.3. The minimum absolute atomic E-state index is 0.130. The second-order valence-electron chi connectivity index (χ2n) is 6.02. The highest BCUT2D eigenvalue weighted by Gasteiger charge is 2.57. The SMILES string of the molecule is O=C1NCC[C@@]12CN(S(=O)(=O)c1ccccc1F)CC(F)(F)C2. The third-order valence-electron chi connectivity index (χ3n) is 4.31. The van der Waals surface area contributed by atoms with Gasteiger partial charge in [-0.05, 0) is 18.6 Å². The Morgan fingerprint density at radius 1 is 1.17 bits per heavy atom. The number of hydrogen-bond acceptors (Lipinski definition) is 3. The maximum absolute atomic E-state index is 14.1. The van der Waals surface area contributed by atoms with E-state index in [1.54, 1.807) is 0 Å². The Hall–Kier alpha value is -1.61. The van der Waals surface area contributed by atoms with Crippen molar-refractivity contribution in [2.75, 3.05) is 19.6 Å². The fraction of sp³-hybridized carbons (Fsp3) is 0.500. The van der Waals surface area contributed by atoms with E-state index in [0.29, 0.717) is 4.31 Å². The minimum atomic E-state index is -4.45. The minimum Gasteiger partial charge on any atom is -0.356 e. The molecule has 1 spiro atoms. The first-order valence-electron chi connectivity index (χ1n) is 7.07. The Bertz CT molecular complexity index is 753. The standard InChI is InChI=1S/C14H15F3N2O3S/c15-10-3-1-2-4-11(10)23(21,22)19-8-13(5-6-18-12(13)20)7-14(16,17)9-19/h1-4H,5-9H2,(H,18,20)/t13-/m1/s1. The van der Waals surface area contributed by atoms with E-state index in [1.165, 1.54) is 12.1 Å². The number of hydrogen-bond donors (Lipinski definition) is 1. The van der Waals surface area contributed by atoms with Gasteiger partial charge in [0.25, 0.3) is 5.92 Å². The van der Waals surface area contributed by atoms with Crippen LogP contribution in [-0.4, -0.2) is 44.2 Å². The van der Waals surface area contributed by atoms with E-state index in [9.17, 15) is 26.4 Å². The highest BCUT2D eigenvalue weighted by atomic mass is 32.2. The molecule has 1 aromatic rings. The third kappa shape index (κ3) is 2.72. The van der Waals surface area contributed by atoms with E-state index in [2.05, 4.69) is 5.32 Å². The molecule has 2 heterocycles. The second kappa shape index (κ2) is 5.20. The molecule has 0 saturated carbocycles. The van der Waals surface area contributed by atoms with E-state index < -0.39 is 50.9 Å². The number of sulfonamides is 1. The smallest absolute Gasteiger partial charge is 0.262 e. The van der Waals surface area contributed by atoms with Crippen LogP contribution in [0, 0.1) is 11.2 Å². The van der Waals surface area contributed by atoms with Crippen LogP contribution in [0.3, 0.4) is 0 Å². The Kier molecular flexibility index (Phi) is 3.68. The molecule has 1 N–H and O–H groups in total. The number of amides is 1. The molecule has 2 aliphatic rings. The van der Waals surface area contributed by atoms with Crippen molar-refractivity contribution in [2.24, 2.45) is 5.41 Å². The monoisotopic (exact) mass is 348 g/mol. The molecule has 2 saturated heterocycles. The van der Waals surface area contributed by atoms with Crippen molar-refractivity contribution in [3.8, 4) is 0 Å². The molecule has 0 radical (unpaired) electrons. The van der Waals surface area contributed by atoms with Crippen molar-refractivity contribution in [1.29, 1.82) is 0 Å². The van der Waals surface area contributed by atoms with Crippen LogP contribution in [0.1, 0.15) is 12.8 Å². The van der Waals surface area contributed by atoms with Gasteiger partial charge in [0.2, 0.25) is 15.9 Å². The van der Waals surface area contributed by atoms with Gasteiger partial charge in [0.05, 0.1) is 12.0 Å². The summed E-state index contributed by atoms with van der Waals surface area (Å²) in [4.78, 5) is 11.3. The van der Waals surface area contributed by atoms with Crippen LogP contribution < -0.4 is 5.32 Å². The number of carbonyl (C=O) groups excluding carboxylic acids is 1. The van der Waals surface area contributed by atoms with Crippen molar-refractivity contribution >= 4 is 15.9 Å². The fourth-order valence-electron chi connectivity index (χ4n) is 3.26. The van der Waals surface area contributed by atoms with E-state index in [-0.39, 0.29) is 19.5 Å². The van der Waals surface area contributed by atoms with Crippen LogP contribution in [0.5, 0.6) is 0 Å². The summed E-state index contributed by atoms with van der Waals surface area (Å²) < 4.78 is 67.6. The molecule has 0 bridgehead atoms. The summed E-state index contributed by atoms with van der Waals surface area (Å²) in [6.07, 6.45) is -0.570. The number of alkyl halides is 2. The van der Waals surface area contributed by atoms with Crippen molar-refractivity contribution in [3.05, 3.63) is 30.1 Å². The van der Waals surface area contributed by atoms with Crippen molar-refractivity contribution in [3.63, 3.8) is 0 Å². The second-order valence-corrected chi connectivity index (χ2v) is 7.93. The molecule has 1 atom stereocenters. The Morgan fingerprint density at radius 3 is 2.48 bits per heavy atom. The van der Waals surface area contributed by atoms with Gasteiger partial charge in [0, 0.05) is 19.5 Å². The normalized spacial score (nSPS) is 28.0. The van der Waals surface area contributed by atoms with E-state index >= 15 is 0 Å². The van der Waals surface area contributed by atoms with Crippen LogP contribution in [0.2, 0.25) is 0 Å². The van der Waals surface area contributed by atoms with Crippen molar-refractivity contribution < 1.29 is 26.4 Å². The molecule has 2 fully saturated rings. The summed E-state index contributed by atoms with van der Waals surface area (Å²) in [5, 5.41) is 2.47. The van der Waals surface area contributed by atoms with Crippen LogP contribution in [0.15, 0.2) is 29.2 Å². The number of piperidine rings is 1. The molecule has 5 nitrogen and oxygen atoms in total. The molecule has 0 aliphatic carbocycles. The van der Waals surface area contributed by atoms with Gasteiger partial charge >= 0.3 is 0 Å². The van der Waals surface area contributed by atoms with Crippen LogP contribution in [0.25, 0.3) is 0 Å². The van der Waals surface area contributed by atoms with Gasteiger partial charge in [0.15, 0.2) is 0 Å². The Morgan fingerprint density at radius 2 is 1.87 bits per heavy atom. The molecule has 1 amide bonds. The van der Waals surface area contributed by atoms with Crippen molar-refractivity contribution in [2.45, 2.75) is 23.7 Å². The summed E-state index contributed by atoms with van der Waals surface area (Å²) in [7, 11) is -4.45. The average molecular weight is 348 g/mol. The van der Waals surface area contributed by atoms with E-state index in [1.807, 2.05) is 0 Å². The average Bonchev–Trinajstić information content (AvgIpc) is 2.77. The summed E-state index contributed by atoms with van der Waals surface area (Å²) in [6, 6.07) is 4.60. The zero-order valence-corrected chi connectivity index (χ0v) is 12.9. The maximum atomic E-state index is 14.1. The zero-order chi connectivity index (χ0) is 16.9. The van der Waals surface area contributed by atoms with Crippen LogP contribution >= 0.6 is 0 Å². The number of carbonyl (C=O) groups is 1. The molecule has 2 aliphatic heterocycles. The quantitative estimate of drug-likeness (QED) is 0.878. The fourth-order valence-corrected chi connectivity index (χ4v) is 4.88. The molecular weight excluding hydrogens is 333 g/mol. The number of benzene rings is 1. The van der Waals surface area contributed by atoms with Gasteiger partial charge in [-0.2, -0.15) is 4.31 Å². The maximum Gasteiger partial charge on any atom is 0.262 e. The lowest BCUT2D eigenvalue weighted by molar-refractivity contribution is -0.142. The molecular formula is C14H15F3N2O3S. The third-order valence-corrected chi connectivity index (χ3v) is 6.13. The summed E-state index contributed by atoms with van der Waals surface area (Å²) in [6.45, 7) is -1.20. The zero-order valence-electron chi connectivity index (χ0n) is 12.1. The summed E-state index contributed by atoms with van der Waals surface area (Å²) in [5.41, 5.74) is -1.46. The van der Waals surface area contributed by atoms with Gasteiger partial charge in [-0.25, -0.2) is 21.6 Å². The predicted octanol–water partition coefficient (Wildman–Crippen LogP) is 1.36. The molecule has 0 aromatic heterocycles. The number of halogens is 3.